The minimum absolute atomic E-state index is 0.122. The second kappa shape index (κ2) is 11.8. The third-order valence-corrected chi connectivity index (χ3v) is 5.69. The summed E-state index contributed by atoms with van der Waals surface area (Å²) < 4.78 is 16.2. The van der Waals surface area contributed by atoms with Crippen LogP contribution in [0, 0.1) is 0 Å². The van der Waals surface area contributed by atoms with Gasteiger partial charge in [0.05, 0.1) is 33.5 Å². The largest absolute Gasteiger partial charge is 0.493 e. The van der Waals surface area contributed by atoms with Gasteiger partial charge in [0.1, 0.15) is 0 Å². The highest BCUT2D eigenvalue weighted by Gasteiger charge is 2.24. The van der Waals surface area contributed by atoms with Gasteiger partial charge < -0.3 is 24.8 Å². The van der Waals surface area contributed by atoms with Crippen molar-refractivity contribution >= 4 is 17.6 Å². The van der Waals surface area contributed by atoms with Crippen molar-refractivity contribution in [3.05, 3.63) is 58.6 Å². The van der Waals surface area contributed by atoms with E-state index in [1.165, 1.54) is 0 Å². The fraction of sp³-hybridized carbons (Fsp3) is 0.435. The molecule has 0 spiro atoms. The van der Waals surface area contributed by atoms with Gasteiger partial charge in [-0.15, -0.1) is 0 Å². The van der Waals surface area contributed by atoms with Crippen molar-refractivity contribution in [2.24, 2.45) is 4.99 Å². The Bertz CT molecular complexity index is 872. The Kier molecular flexibility index (Phi) is 8.82. The van der Waals surface area contributed by atoms with E-state index in [2.05, 4.69) is 26.6 Å². The van der Waals surface area contributed by atoms with E-state index in [-0.39, 0.29) is 6.04 Å². The number of hydrogen-bond donors (Lipinski definition) is 2. The normalized spacial score (nSPS) is 15.9. The molecule has 1 heterocycles. The lowest BCUT2D eigenvalue weighted by Gasteiger charge is -2.35. The topological polar surface area (TPSA) is 67.4 Å². The molecule has 0 aromatic heterocycles. The zero-order valence-electron chi connectivity index (χ0n) is 18.4. The van der Waals surface area contributed by atoms with Crippen LogP contribution in [0.2, 0.25) is 5.02 Å². The summed E-state index contributed by atoms with van der Waals surface area (Å²) in [5.41, 5.74) is 2.17. The van der Waals surface area contributed by atoms with E-state index in [9.17, 15) is 0 Å². The minimum atomic E-state index is 0.122. The van der Waals surface area contributed by atoms with Crippen LogP contribution in [0.25, 0.3) is 0 Å². The fourth-order valence-electron chi connectivity index (χ4n) is 3.66. The van der Waals surface area contributed by atoms with Gasteiger partial charge in [0, 0.05) is 38.2 Å². The Labute approximate surface area is 189 Å². The van der Waals surface area contributed by atoms with Gasteiger partial charge in [-0.1, -0.05) is 35.9 Å². The third kappa shape index (κ3) is 6.26. The van der Waals surface area contributed by atoms with Crippen molar-refractivity contribution in [2.45, 2.75) is 12.6 Å². The number of methoxy groups -OCH3 is 2. The Hall–Kier alpha value is -2.48. The number of benzene rings is 2. The second-order valence-electron chi connectivity index (χ2n) is 7.18. The molecule has 1 unspecified atom stereocenters. The number of guanidine groups is 1. The molecule has 1 atom stereocenters. The van der Waals surface area contributed by atoms with Crippen molar-refractivity contribution in [2.75, 3.05) is 54.1 Å². The molecule has 3 rings (SSSR count). The molecule has 2 aromatic carbocycles. The lowest BCUT2D eigenvalue weighted by molar-refractivity contribution is 0.0170. The van der Waals surface area contributed by atoms with Gasteiger partial charge in [-0.2, -0.15) is 0 Å². The zero-order valence-corrected chi connectivity index (χ0v) is 19.1. The van der Waals surface area contributed by atoms with E-state index in [0.717, 1.165) is 48.4 Å². The van der Waals surface area contributed by atoms with E-state index < -0.39 is 0 Å². The van der Waals surface area contributed by atoms with Crippen molar-refractivity contribution in [3.8, 4) is 11.5 Å². The lowest BCUT2D eigenvalue weighted by atomic mass is 10.0. The average Bonchev–Trinajstić information content (AvgIpc) is 2.82. The predicted octanol–water partition coefficient (Wildman–Crippen LogP) is 3.10. The SMILES string of the molecule is CN=C(NCc1ccc(OC)c(OC)c1)NCC(c1ccccc1Cl)N1CCOCC1. The first-order valence-electron chi connectivity index (χ1n) is 10.4. The van der Waals surface area contributed by atoms with Crippen LogP contribution in [0.5, 0.6) is 11.5 Å². The maximum absolute atomic E-state index is 6.53. The molecule has 0 amide bonds. The Balaban J connectivity index is 1.65. The van der Waals surface area contributed by atoms with Gasteiger partial charge in [-0.3, -0.25) is 9.89 Å². The summed E-state index contributed by atoms with van der Waals surface area (Å²) >= 11 is 6.53. The Morgan fingerprint density at radius 2 is 1.84 bits per heavy atom. The molecule has 31 heavy (non-hydrogen) atoms. The van der Waals surface area contributed by atoms with Crippen LogP contribution in [0.4, 0.5) is 0 Å². The van der Waals surface area contributed by atoms with Gasteiger partial charge in [-0.05, 0) is 29.3 Å². The summed E-state index contributed by atoms with van der Waals surface area (Å²) in [7, 11) is 5.03. The van der Waals surface area contributed by atoms with E-state index in [1.807, 2.05) is 36.4 Å². The van der Waals surface area contributed by atoms with Gasteiger partial charge in [-0.25, -0.2) is 0 Å². The van der Waals surface area contributed by atoms with E-state index in [0.29, 0.717) is 24.6 Å². The van der Waals surface area contributed by atoms with Gasteiger partial charge in [0.25, 0.3) is 0 Å². The molecule has 0 saturated carbocycles. The Morgan fingerprint density at radius 1 is 1.10 bits per heavy atom. The number of aliphatic imine (C=N–C) groups is 1. The molecule has 2 aromatic rings. The van der Waals surface area contributed by atoms with Gasteiger partial charge in [0.2, 0.25) is 0 Å². The molecule has 0 aliphatic carbocycles. The van der Waals surface area contributed by atoms with Crippen LogP contribution in [-0.4, -0.2) is 65.0 Å². The summed E-state index contributed by atoms with van der Waals surface area (Å²) in [4.78, 5) is 6.78. The van der Waals surface area contributed by atoms with Crippen molar-refractivity contribution < 1.29 is 14.2 Å². The summed E-state index contributed by atoms with van der Waals surface area (Å²) in [6.07, 6.45) is 0. The molecule has 2 N–H and O–H groups in total. The van der Waals surface area contributed by atoms with Crippen LogP contribution in [0.3, 0.4) is 0 Å². The summed E-state index contributed by atoms with van der Waals surface area (Å²) in [6.45, 7) is 4.48. The number of hydrogen-bond acceptors (Lipinski definition) is 5. The molecule has 1 aliphatic heterocycles. The maximum Gasteiger partial charge on any atom is 0.191 e. The highest BCUT2D eigenvalue weighted by molar-refractivity contribution is 6.31. The van der Waals surface area contributed by atoms with Crippen LogP contribution >= 0.6 is 11.6 Å². The van der Waals surface area contributed by atoms with E-state index in [1.54, 1.807) is 21.3 Å². The number of ether oxygens (including phenoxy) is 3. The fourth-order valence-corrected chi connectivity index (χ4v) is 3.92. The lowest BCUT2D eigenvalue weighted by Crippen LogP contribution is -2.46. The summed E-state index contributed by atoms with van der Waals surface area (Å²) in [6, 6.07) is 14.0. The monoisotopic (exact) mass is 446 g/mol. The molecular weight excluding hydrogens is 416 g/mol. The highest BCUT2D eigenvalue weighted by Crippen LogP contribution is 2.28. The summed E-state index contributed by atoms with van der Waals surface area (Å²) in [5.74, 6) is 2.14. The molecule has 7 nitrogen and oxygen atoms in total. The second-order valence-corrected chi connectivity index (χ2v) is 7.59. The smallest absolute Gasteiger partial charge is 0.191 e. The minimum Gasteiger partial charge on any atom is -0.493 e. The maximum atomic E-state index is 6.53. The first kappa shape index (κ1) is 23.2. The van der Waals surface area contributed by atoms with Crippen molar-refractivity contribution in [1.82, 2.24) is 15.5 Å². The first-order valence-corrected chi connectivity index (χ1v) is 10.8. The van der Waals surface area contributed by atoms with Crippen LogP contribution in [0.15, 0.2) is 47.5 Å². The molecule has 1 fully saturated rings. The zero-order chi connectivity index (χ0) is 22.1. The van der Waals surface area contributed by atoms with E-state index >= 15 is 0 Å². The molecule has 0 radical (unpaired) electrons. The molecule has 1 aliphatic rings. The summed E-state index contributed by atoms with van der Waals surface area (Å²) in [5, 5.41) is 7.59. The third-order valence-electron chi connectivity index (χ3n) is 5.35. The number of nitrogens with one attached hydrogen (secondary N) is 2. The standard InChI is InChI=1S/C23H31ClN4O3/c1-25-23(26-15-17-8-9-21(29-2)22(14-17)30-3)27-16-20(28-10-12-31-13-11-28)18-6-4-5-7-19(18)24/h4-9,14,20H,10-13,15-16H2,1-3H3,(H2,25,26,27). The molecule has 1 saturated heterocycles. The number of rotatable bonds is 8. The number of morpholine rings is 1. The van der Waals surface area contributed by atoms with Crippen LogP contribution < -0.4 is 20.1 Å². The van der Waals surface area contributed by atoms with Crippen LogP contribution in [0.1, 0.15) is 17.2 Å². The van der Waals surface area contributed by atoms with Gasteiger partial charge >= 0.3 is 0 Å². The highest BCUT2D eigenvalue weighted by atomic mass is 35.5. The van der Waals surface area contributed by atoms with Crippen molar-refractivity contribution in [3.63, 3.8) is 0 Å². The predicted molar refractivity (Wildman–Crippen MR) is 124 cm³/mol. The first-order chi connectivity index (χ1) is 15.2. The quantitative estimate of drug-likeness (QED) is 0.480. The average molecular weight is 447 g/mol. The number of halogens is 1. The molecule has 0 bridgehead atoms. The molecular formula is C23H31ClN4O3. The van der Waals surface area contributed by atoms with E-state index in [4.69, 9.17) is 25.8 Å². The van der Waals surface area contributed by atoms with Gasteiger partial charge in [0.15, 0.2) is 17.5 Å². The molecule has 168 valence electrons. The molecule has 8 heteroatoms. The van der Waals surface area contributed by atoms with Crippen LogP contribution in [-0.2, 0) is 11.3 Å². The van der Waals surface area contributed by atoms with Crippen molar-refractivity contribution in [1.29, 1.82) is 0 Å². The number of nitrogens with zero attached hydrogens (tertiary/aromatic N) is 2. The Morgan fingerprint density at radius 3 is 2.52 bits per heavy atom.